The number of ether oxygens (including phenoxy) is 1. The van der Waals surface area contributed by atoms with Gasteiger partial charge in [0.15, 0.2) is 0 Å². The van der Waals surface area contributed by atoms with Crippen LogP contribution in [-0.2, 0) is 10.5 Å². The number of fused-ring (bicyclic) bond motifs is 1. The standard InChI is InChI=1S/C20H21N3O3S/c1-3-26-17-7-5-4-6-16(17)22-19(24)13-27-12-15-10-20(25)23-11-14(2)8-9-18(23)21-15/h4-11H,3,12-13H2,1-2H3,(H,22,24). The number of nitrogens with zero attached hydrogens (tertiary/aromatic N) is 2. The van der Waals surface area contributed by atoms with Crippen LogP contribution in [0.1, 0.15) is 18.2 Å². The van der Waals surface area contributed by atoms with E-state index in [4.69, 9.17) is 4.74 Å². The second-order valence-electron chi connectivity index (χ2n) is 5.99. The van der Waals surface area contributed by atoms with E-state index in [1.807, 2.05) is 44.2 Å². The Morgan fingerprint density at radius 3 is 2.89 bits per heavy atom. The zero-order valence-corrected chi connectivity index (χ0v) is 16.1. The first-order chi connectivity index (χ1) is 13.1. The summed E-state index contributed by atoms with van der Waals surface area (Å²) in [5.74, 6) is 1.27. The predicted molar refractivity (Wildman–Crippen MR) is 109 cm³/mol. The van der Waals surface area contributed by atoms with Gasteiger partial charge in [0, 0.05) is 18.0 Å². The zero-order chi connectivity index (χ0) is 19.2. The molecule has 3 aromatic rings. The first-order valence-electron chi connectivity index (χ1n) is 8.65. The Bertz CT molecular complexity index is 1020. The van der Waals surface area contributed by atoms with Gasteiger partial charge in [0.2, 0.25) is 5.91 Å². The van der Waals surface area contributed by atoms with Gasteiger partial charge in [-0.2, -0.15) is 0 Å². The van der Waals surface area contributed by atoms with Gasteiger partial charge in [0.05, 0.1) is 23.7 Å². The third-order valence-corrected chi connectivity index (χ3v) is 4.77. The fourth-order valence-corrected chi connectivity index (χ4v) is 3.33. The second kappa shape index (κ2) is 8.73. The molecule has 7 heteroatoms. The highest BCUT2D eigenvalue weighted by Crippen LogP contribution is 2.24. The van der Waals surface area contributed by atoms with Crippen LogP contribution in [0.15, 0.2) is 53.5 Å². The first-order valence-corrected chi connectivity index (χ1v) is 9.80. The van der Waals surface area contributed by atoms with Crippen molar-refractivity contribution in [1.82, 2.24) is 9.38 Å². The molecule has 0 atom stereocenters. The fraction of sp³-hybridized carbons (Fsp3) is 0.250. The largest absolute Gasteiger partial charge is 0.492 e. The smallest absolute Gasteiger partial charge is 0.258 e. The molecule has 3 rings (SSSR count). The molecule has 0 saturated carbocycles. The van der Waals surface area contributed by atoms with Crippen LogP contribution in [0.25, 0.3) is 5.65 Å². The Labute approximate surface area is 161 Å². The fourth-order valence-electron chi connectivity index (χ4n) is 2.62. The van der Waals surface area contributed by atoms with E-state index in [1.165, 1.54) is 22.2 Å². The van der Waals surface area contributed by atoms with Gasteiger partial charge in [0.1, 0.15) is 11.4 Å². The van der Waals surface area contributed by atoms with Crippen molar-refractivity contribution in [3.63, 3.8) is 0 Å². The minimum Gasteiger partial charge on any atom is -0.492 e. The van der Waals surface area contributed by atoms with Crippen LogP contribution >= 0.6 is 11.8 Å². The second-order valence-corrected chi connectivity index (χ2v) is 6.98. The average molecular weight is 383 g/mol. The highest BCUT2D eigenvalue weighted by Gasteiger charge is 2.09. The summed E-state index contributed by atoms with van der Waals surface area (Å²) in [6.07, 6.45) is 1.77. The number of hydrogen-bond donors (Lipinski definition) is 1. The highest BCUT2D eigenvalue weighted by molar-refractivity contribution is 7.99. The number of thioether (sulfide) groups is 1. The summed E-state index contributed by atoms with van der Waals surface area (Å²) in [6.45, 7) is 4.36. The van der Waals surface area contributed by atoms with Gasteiger partial charge in [0.25, 0.3) is 5.56 Å². The van der Waals surface area contributed by atoms with Crippen LogP contribution in [-0.4, -0.2) is 27.7 Å². The van der Waals surface area contributed by atoms with Crippen molar-refractivity contribution in [3.8, 4) is 5.75 Å². The predicted octanol–water partition coefficient (Wildman–Crippen LogP) is 3.27. The number of amides is 1. The number of aryl methyl sites for hydroxylation is 1. The maximum atomic E-state index is 12.2. The van der Waals surface area contributed by atoms with E-state index in [9.17, 15) is 9.59 Å². The molecule has 0 aliphatic rings. The van der Waals surface area contributed by atoms with Crippen LogP contribution < -0.4 is 15.6 Å². The van der Waals surface area contributed by atoms with E-state index in [0.29, 0.717) is 35.1 Å². The monoisotopic (exact) mass is 383 g/mol. The molecule has 1 aromatic carbocycles. The van der Waals surface area contributed by atoms with E-state index in [1.54, 1.807) is 12.3 Å². The lowest BCUT2D eigenvalue weighted by molar-refractivity contribution is -0.113. The molecule has 6 nitrogen and oxygen atoms in total. The van der Waals surface area contributed by atoms with Gasteiger partial charge in [-0.25, -0.2) is 4.98 Å². The molecule has 0 unspecified atom stereocenters. The number of benzene rings is 1. The molecule has 27 heavy (non-hydrogen) atoms. The SMILES string of the molecule is CCOc1ccccc1NC(=O)CSCc1cc(=O)n2cc(C)ccc2n1. The highest BCUT2D eigenvalue weighted by atomic mass is 32.2. The van der Waals surface area contributed by atoms with Gasteiger partial charge in [-0.15, -0.1) is 11.8 Å². The van der Waals surface area contributed by atoms with Crippen molar-refractivity contribution in [3.05, 3.63) is 70.3 Å². The summed E-state index contributed by atoms with van der Waals surface area (Å²) in [5.41, 5.74) is 2.81. The Kier molecular flexibility index (Phi) is 6.13. The molecule has 0 aliphatic heterocycles. The quantitative estimate of drug-likeness (QED) is 0.678. The first kappa shape index (κ1) is 19.0. The van der Waals surface area contributed by atoms with E-state index in [-0.39, 0.29) is 17.2 Å². The summed E-state index contributed by atoms with van der Waals surface area (Å²) < 4.78 is 7.03. The molecule has 0 fully saturated rings. The molecular weight excluding hydrogens is 362 g/mol. The van der Waals surface area contributed by atoms with Crippen LogP contribution in [0, 0.1) is 6.92 Å². The summed E-state index contributed by atoms with van der Waals surface area (Å²) in [5, 5.41) is 2.86. The molecule has 1 amide bonds. The number of anilines is 1. The van der Waals surface area contributed by atoms with Crippen molar-refractivity contribution in [2.75, 3.05) is 17.7 Å². The lowest BCUT2D eigenvalue weighted by Gasteiger charge is -2.11. The molecule has 0 radical (unpaired) electrons. The Hall–Kier alpha value is -2.80. The van der Waals surface area contributed by atoms with Crippen LogP contribution in [0.2, 0.25) is 0 Å². The number of rotatable bonds is 7. The van der Waals surface area contributed by atoms with Gasteiger partial charge in [-0.05, 0) is 37.6 Å². The molecule has 0 saturated heterocycles. The molecule has 140 valence electrons. The van der Waals surface area contributed by atoms with Crippen molar-refractivity contribution in [1.29, 1.82) is 0 Å². The maximum Gasteiger partial charge on any atom is 0.258 e. The van der Waals surface area contributed by atoms with Gasteiger partial charge >= 0.3 is 0 Å². The minimum absolute atomic E-state index is 0.116. The van der Waals surface area contributed by atoms with E-state index >= 15 is 0 Å². The minimum atomic E-state index is -0.125. The van der Waals surface area contributed by atoms with Crippen LogP contribution in [0.3, 0.4) is 0 Å². The molecule has 0 spiro atoms. The van der Waals surface area contributed by atoms with E-state index in [0.717, 1.165) is 5.56 Å². The Morgan fingerprint density at radius 2 is 2.07 bits per heavy atom. The van der Waals surface area contributed by atoms with Gasteiger partial charge in [-0.3, -0.25) is 14.0 Å². The Morgan fingerprint density at radius 1 is 1.26 bits per heavy atom. The van der Waals surface area contributed by atoms with Gasteiger partial charge < -0.3 is 10.1 Å². The summed E-state index contributed by atoms with van der Waals surface area (Å²) in [6, 6.07) is 12.6. The molecule has 1 N–H and O–H groups in total. The number of para-hydroxylation sites is 2. The molecule has 2 heterocycles. The molecule has 2 aromatic heterocycles. The molecule has 0 bridgehead atoms. The molecule has 0 aliphatic carbocycles. The van der Waals surface area contributed by atoms with Gasteiger partial charge in [-0.1, -0.05) is 18.2 Å². The van der Waals surface area contributed by atoms with Crippen molar-refractivity contribution < 1.29 is 9.53 Å². The topological polar surface area (TPSA) is 72.7 Å². The van der Waals surface area contributed by atoms with E-state index in [2.05, 4.69) is 10.3 Å². The number of carbonyl (C=O) groups excluding carboxylic acids is 1. The number of carbonyl (C=O) groups is 1. The van der Waals surface area contributed by atoms with E-state index < -0.39 is 0 Å². The maximum absolute atomic E-state index is 12.2. The summed E-state index contributed by atoms with van der Waals surface area (Å²) in [7, 11) is 0. The Balaban J connectivity index is 1.60. The number of nitrogens with one attached hydrogen (secondary N) is 1. The number of hydrogen-bond acceptors (Lipinski definition) is 5. The van der Waals surface area contributed by atoms with Crippen molar-refractivity contribution >= 4 is 29.0 Å². The summed E-state index contributed by atoms with van der Waals surface area (Å²) in [4.78, 5) is 28.9. The zero-order valence-electron chi connectivity index (χ0n) is 15.3. The lowest BCUT2D eigenvalue weighted by Crippen LogP contribution is -2.17. The normalized spacial score (nSPS) is 10.7. The third kappa shape index (κ3) is 4.89. The van der Waals surface area contributed by atoms with Crippen molar-refractivity contribution in [2.45, 2.75) is 19.6 Å². The van der Waals surface area contributed by atoms with Crippen molar-refractivity contribution in [2.24, 2.45) is 0 Å². The summed E-state index contributed by atoms with van der Waals surface area (Å²) >= 11 is 1.41. The third-order valence-electron chi connectivity index (χ3n) is 3.80. The number of aromatic nitrogens is 2. The lowest BCUT2D eigenvalue weighted by atomic mass is 10.3. The van der Waals surface area contributed by atoms with Crippen LogP contribution in [0.5, 0.6) is 5.75 Å². The van der Waals surface area contributed by atoms with Crippen LogP contribution in [0.4, 0.5) is 5.69 Å². The average Bonchev–Trinajstić information content (AvgIpc) is 2.64. The molecular formula is C20H21N3O3S. The number of pyridine rings is 1.